The van der Waals surface area contributed by atoms with Gasteiger partial charge in [-0.15, -0.1) is 0 Å². The summed E-state index contributed by atoms with van der Waals surface area (Å²) in [4.78, 5) is 17.3. The molecular weight excluding hydrogens is 440 g/mol. The summed E-state index contributed by atoms with van der Waals surface area (Å²) in [5, 5.41) is 6.47. The highest BCUT2D eigenvalue weighted by Gasteiger charge is 2.35. The normalized spacial score (nSPS) is 17.5. The number of para-hydroxylation sites is 1. The van der Waals surface area contributed by atoms with E-state index in [-0.39, 0.29) is 23.2 Å². The molecule has 0 saturated heterocycles. The van der Waals surface area contributed by atoms with Crippen molar-refractivity contribution in [2.45, 2.75) is 53.7 Å². The first-order valence-corrected chi connectivity index (χ1v) is 11.3. The van der Waals surface area contributed by atoms with E-state index in [1.54, 1.807) is 19.2 Å². The molecule has 1 aromatic heterocycles. The van der Waals surface area contributed by atoms with Gasteiger partial charge in [0.05, 0.1) is 11.6 Å². The van der Waals surface area contributed by atoms with Crippen molar-refractivity contribution in [2.24, 2.45) is 10.9 Å². The Morgan fingerprint density at radius 3 is 2.56 bits per heavy atom. The number of hydrogen-bond acceptors (Lipinski definition) is 6. The number of carbonyl (C=O) groups is 1. The van der Waals surface area contributed by atoms with Crippen LogP contribution in [0, 0.1) is 5.92 Å². The van der Waals surface area contributed by atoms with Crippen molar-refractivity contribution in [3.63, 3.8) is 0 Å². The maximum atomic E-state index is 12.8. The van der Waals surface area contributed by atoms with Gasteiger partial charge in [0.15, 0.2) is 17.1 Å². The second-order valence-corrected chi connectivity index (χ2v) is 8.00. The second-order valence-electron chi connectivity index (χ2n) is 8.00. The van der Waals surface area contributed by atoms with E-state index in [1.165, 1.54) is 24.6 Å². The van der Waals surface area contributed by atoms with Crippen LogP contribution in [0.3, 0.4) is 0 Å². The Bertz CT molecular complexity index is 1110. The first kappa shape index (κ1) is 26.8. The number of furan rings is 1. The first-order chi connectivity index (χ1) is 16.3. The number of alkyl halides is 2. The molecule has 184 valence electrons. The lowest BCUT2D eigenvalue weighted by Gasteiger charge is -2.09. The van der Waals surface area contributed by atoms with Crippen molar-refractivity contribution in [3.05, 3.63) is 59.8 Å². The van der Waals surface area contributed by atoms with E-state index in [9.17, 15) is 13.6 Å². The number of halogens is 2. The van der Waals surface area contributed by atoms with E-state index in [1.807, 2.05) is 13.8 Å². The molecule has 6 nitrogen and oxygen atoms in total. The molecule has 8 heteroatoms. The number of nitrogens with one attached hydrogen (secondary N) is 2. The van der Waals surface area contributed by atoms with E-state index in [4.69, 9.17) is 4.42 Å². The van der Waals surface area contributed by atoms with Crippen LogP contribution in [0.15, 0.2) is 57.9 Å². The predicted molar refractivity (Wildman–Crippen MR) is 133 cm³/mol. The molecule has 1 aromatic carbocycles. The van der Waals surface area contributed by atoms with Crippen LogP contribution in [-0.4, -0.2) is 31.7 Å². The van der Waals surface area contributed by atoms with Crippen molar-refractivity contribution >= 4 is 28.5 Å². The van der Waals surface area contributed by atoms with Gasteiger partial charge in [-0.05, 0) is 24.3 Å². The van der Waals surface area contributed by atoms with Gasteiger partial charge in [-0.3, -0.25) is 9.79 Å². The molecule has 1 unspecified atom stereocenters. The van der Waals surface area contributed by atoms with Crippen molar-refractivity contribution in [1.82, 2.24) is 10.6 Å². The standard InChI is InChI=1S/C20H17F2N3O3.C4H10.C2H6/c1-3-24-19(23-2)13-9-25-14-7-11-10-5-4-6-16(27-20(21)22)18(10)28-17(11)12(14)8-15(13)26;1-4(2)3;1-2/h3-6,8-9,14,20,23-24H,1,7H2,2H3;4H,1-3H3;1-2H3/b19-13-;;. The number of nitrogens with zero attached hydrogens (tertiary/aromatic N) is 1. The van der Waals surface area contributed by atoms with Crippen LogP contribution in [0.5, 0.6) is 5.75 Å². The van der Waals surface area contributed by atoms with Gasteiger partial charge in [0.25, 0.3) is 0 Å². The molecule has 34 heavy (non-hydrogen) atoms. The van der Waals surface area contributed by atoms with Gasteiger partial charge in [0.1, 0.15) is 11.6 Å². The number of benzene rings is 1. The van der Waals surface area contributed by atoms with Gasteiger partial charge >= 0.3 is 6.61 Å². The summed E-state index contributed by atoms with van der Waals surface area (Å²) < 4.78 is 35.8. The summed E-state index contributed by atoms with van der Waals surface area (Å²) in [6.07, 6.45) is 4.98. The lowest BCUT2D eigenvalue weighted by Crippen LogP contribution is -2.24. The van der Waals surface area contributed by atoms with E-state index < -0.39 is 6.61 Å². The Morgan fingerprint density at radius 2 is 1.97 bits per heavy atom. The fraction of sp³-hybridized carbons (Fsp3) is 0.385. The third-order valence-corrected chi connectivity index (χ3v) is 4.72. The number of hydrogen-bond donors (Lipinski definition) is 2. The molecule has 2 heterocycles. The molecule has 0 amide bonds. The molecule has 0 radical (unpaired) electrons. The molecule has 0 bridgehead atoms. The lowest BCUT2D eigenvalue weighted by molar-refractivity contribution is -0.110. The molecule has 2 aromatic rings. The molecule has 1 atom stereocenters. The lowest BCUT2D eigenvalue weighted by atomic mass is 10.1. The highest BCUT2D eigenvalue weighted by atomic mass is 19.3. The van der Waals surface area contributed by atoms with Crippen LogP contribution in [0.4, 0.5) is 8.78 Å². The van der Waals surface area contributed by atoms with Crippen LogP contribution < -0.4 is 15.4 Å². The average Bonchev–Trinajstić information content (AvgIpc) is 3.26. The van der Waals surface area contributed by atoms with Crippen molar-refractivity contribution < 1.29 is 22.7 Å². The van der Waals surface area contributed by atoms with E-state index in [0.29, 0.717) is 34.5 Å². The highest BCUT2D eigenvalue weighted by Crippen LogP contribution is 2.44. The van der Waals surface area contributed by atoms with Gasteiger partial charge in [-0.1, -0.05) is 53.3 Å². The number of aliphatic imine (C=N–C) groups is 1. The fourth-order valence-electron chi connectivity index (χ4n) is 3.54. The number of ether oxygens (including phenoxy) is 1. The molecule has 1 aliphatic carbocycles. The van der Waals surface area contributed by atoms with E-state index in [0.717, 1.165) is 11.5 Å². The fourth-order valence-corrected chi connectivity index (χ4v) is 3.54. The molecular formula is C26H33F2N3O3. The quantitative estimate of drug-likeness (QED) is 0.533. The zero-order valence-electron chi connectivity index (χ0n) is 20.5. The largest absolute Gasteiger partial charge is 0.452 e. The first-order valence-electron chi connectivity index (χ1n) is 11.3. The van der Waals surface area contributed by atoms with Crippen LogP contribution in [0.2, 0.25) is 0 Å². The number of ketones is 1. The Hall–Kier alpha value is -3.42. The smallest absolute Gasteiger partial charge is 0.387 e. The monoisotopic (exact) mass is 473 g/mol. The maximum absolute atomic E-state index is 12.8. The van der Waals surface area contributed by atoms with Crippen molar-refractivity contribution in [2.75, 3.05) is 7.05 Å². The highest BCUT2D eigenvalue weighted by molar-refractivity contribution is 6.22. The SMILES string of the molecule is C=CN/C(NC)=C1/C=NC2Cc3c(oc4c(OC(F)F)cccc34)C2=CC1=O.CC.CC(C)C. The summed E-state index contributed by atoms with van der Waals surface area (Å²) in [5.41, 5.74) is 2.07. The molecule has 0 fully saturated rings. The van der Waals surface area contributed by atoms with E-state index >= 15 is 0 Å². The van der Waals surface area contributed by atoms with Crippen LogP contribution in [0.1, 0.15) is 45.9 Å². The molecule has 4 rings (SSSR count). The topological polar surface area (TPSA) is 75.9 Å². The van der Waals surface area contributed by atoms with Gasteiger partial charge in [0.2, 0.25) is 0 Å². The summed E-state index contributed by atoms with van der Waals surface area (Å²) in [5.74, 6) is 1.52. The van der Waals surface area contributed by atoms with Gasteiger partial charge in [-0.25, -0.2) is 0 Å². The van der Waals surface area contributed by atoms with Gasteiger partial charge in [-0.2, -0.15) is 8.78 Å². The molecule has 2 N–H and O–H groups in total. The van der Waals surface area contributed by atoms with Crippen LogP contribution in [-0.2, 0) is 11.2 Å². The molecule has 2 aliphatic rings. The third kappa shape index (κ3) is 5.92. The van der Waals surface area contributed by atoms with Crippen LogP contribution >= 0.6 is 0 Å². The Balaban J connectivity index is 0.000000618. The summed E-state index contributed by atoms with van der Waals surface area (Å²) in [7, 11) is 1.68. The Morgan fingerprint density at radius 1 is 1.29 bits per heavy atom. The second kappa shape index (κ2) is 12.2. The maximum Gasteiger partial charge on any atom is 0.387 e. The Labute approximate surface area is 199 Å². The van der Waals surface area contributed by atoms with Gasteiger partial charge < -0.3 is 19.8 Å². The predicted octanol–water partition coefficient (Wildman–Crippen LogP) is 5.85. The zero-order valence-corrected chi connectivity index (χ0v) is 20.5. The minimum Gasteiger partial charge on any atom is -0.452 e. The number of fused-ring (bicyclic) bond motifs is 5. The molecule has 1 aliphatic heterocycles. The zero-order chi connectivity index (χ0) is 25.4. The summed E-state index contributed by atoms with van der Waals surface area (Å²) >= 11 is 0. The Kier molecular flexibility index (Phi) is 9.59. The van der Waals surface area contributed by atoms with Crippen molar-refractivity contribution in [1.29, 1.82) is 0 Å². The van der Waals surface area contributed by atoms with E-state index in [2.05, 4.69) is 47.7 Å². The number of carbonyl (C=O) groups excluding carboxylic acids is 1. The van der Waals surface area contributed by atoms with Gasteiger partial charge in [0, 0.05) is 36.2 Å². The number of rotatable bonds is 5. The minimum absolute atomic E-state index is 0.0317. The van der Waals surface area contributed by atoms with Crippen molar-refractivity contribution in [3.8, 4) is 5.75 Å². The minimum atomic E-state index is -2.95. The number of allylic oxidation sites excluding steroid dienone is 2. The average molecular weight is 474 g/mol. The summed E-state index contributed by atoms with van der Waals surface area (Å²) in [6.45, 7) is 11.1. The summed E-state index contributed by atoms with van der Waals surface area (Å²) in [6, 6.07) is 4.57. The molecule has 0 spiro atoms. The molecule has 0 saturated carbocycles. The van der Waals surface area contributed by atoms with Crippen LogP contribution in [0.25, 0.3) is 16.5 Å². The third-order valence-electron chi connectivity index (χ3n) is 4.72.